The molecule has 0 aliphatic rings. The molecule has 6 heteroatoms. The monoisotopic (exact) mass is 263 g/mol. The number of nitriles is 1. The number of carbonyl (C=O) groups is 1. The molecule has 1 amide bonds. The molecule has 102 valence electrons. The van der Waals surface area contributed by atoms with E-state index in [-0.39, 0.29) is 12.3 Å². The summed E-state index contributed by atoms with van der Waals surface area (Å²) in [5, 5.41) is 8.64. The number of methoxy groups -OCH3 is 2. The SMILES string of the molecule is COCCN(CCC#N)C(=O)c1ccncc1OC. The Morgan fingerprint density at radius 2 is 2.26 bits per heavy atom. The van der Waals surface area contributed by atoms with Crippen molar-refractivity contribution in [3.8, 4) is 11.8 Å². The van der Waals surface area contributed by atoms with Crippen LogP contribution in [0.5, 0.6) is 5.75 Å². The van der Waals surface area contributed by atoms with Gasteiger partial charge in [-0.3, -0.25) is 9.78 Å². The number of aromatic nitrogens is 1. The van der Waals surface area contributed by atoms with Gasteiger partial charge in [-0.1, -0.05) is 0 Å². The van der Waals surface area contributed by atoms with Crippen molar-refractivity contribution in [2.75, 3.05) is 33.9 Å². The number of amides is 1. The van der Waals surface area contributed by atoms with Crippen molar-refractivity contribution in [1.29, 1.82) is 5.26 Å². The third kappa shape index (κ3) is 4.23. The van der Waals surface area contributed by atoms with E-state index in [0.29, 0.717) is 31.0 Å². The molecular formula is C13H17N3O3. The molecule has 0 fully saturated rings. The van der Waals surface area contributed by atoms with Crippen LogP contribution in [-0.4, -0.2) is 49.7 Å². The molecule has 0 N–H and O–H groups in total. The van der Waals surface area contributed by atoms with Gasteiger partial charge < -0.3 is 14.4 Å². The number of carbonyl (C=O) groups excluding carboxylic acids is 1. The van der Waals surface area contributed by atoms with E-state index in [4.69, 9.17) is 14.7 Å². The molecule has 1 aromatic rings. The van der Waals surface area contributed by atoms with Gasteiger partial charge in [0.2, 0.25) is 0 Å². The Morgan fingerprint density at radius 3 is 2.89 bits per heavy atom. The minimum absolute atomic E-state index is 0.188. The molecule has 0 aromatic carbocycles. The summed E-state index contributed by atoms with van der Waals surface area (Å²) in [5.41, 5.74) is 0.437. The van der Waals surface area contributed by atoms with E-state index in [1.807, 2.05) is 6.07 Å². The van der Waals surface area contributed by atoms with E-state index < -0.39 is 0 Å². The van der Waals surface area contributed by atoms with E-state index in [9.17, 15) is 4.79 Å². The number of nitrogens with zero attached hydrogens (tertiary/aromatic N) is 3. The first-order valence-corrected chi connectivity index (χ1v) is 5.87. The van der Waals surface area contributed by atoms with E-state index in [2.05, 4.69) is 4.98 Å². The van der Waals surface area contributed by atoms with Gasteiger partial charge in [0.25, 0.3) is 5.91 Å². The second kappa shape index (κ2) is 8.06. The van der Waals surface area contributed by atoms with Gasteiger partial charge in [-0.05, 0) is 6.07 Å². The number of rotatable bonds is 7. The smallest absolute Gasteiger partial charge is 0.257 e. The summed E-state index contributed by atoms with van der Waals surface area (Å²) in [6.07, 6.45) is 3.31. The maximum Gasteiger partial charge on any atom is 0.257 e. The molecule has 0 atom stereocenters. The molecular weight excluding hydrogens is 246 g/mol. The molecule has 19 heavy (non-hydrogen) atoms. The first-order valence-electron chi connectivity index (χ1n) is 5.87. The summed E-state index contributed by atoms with van der Waals surface area (Å²) in [4.78, 5) is 17.9. The highest BCUT2D eigenvalue weighted by Crippen LogP contribution is 2.18. The first kappa shape index (κ1) is 14.9. The molecule has 0 aliphatic heterocycles. The van der Waals surface area contributed by atoms with Crippen LogP contribution in [0.1, 0.15) is 16.8 Å². The Balaban J connectivity index is 2.88. The van der Waals surface area contributed by atoms with Gasteiger partial charge in [0.05, 0.1) is 38.0 Å². The summed E-state index contributed by atoms with van der Waals surface area (Å²) in [6.45, 7) is 1.22. The largest absolute Gasteiger partial charge is 0.494 e. The lowest BCUT2D eigenvalue weighted by Crippen LogP contribution is -2.35. The van der Waals surface area contributed by atoms with Crippen LogP contribution in [0, 0.1) is 11.3 Å². The van der Waals surface area contributed by atoms with E-state index in [1.165, 1.54) is 19.5 Å². The maximum absolute atomic E-state index is 12.4. The highest BCUT2D eigenvalue weighted by atomic mass is 16.5. The average Bonchev–Trinajstić information content (AvgIpc) is 2.46. The Morgan fingerprint density at radius 1 is 1.47 bits per heavy atom. The molecule has 0 radical (unpaired) electrons. The van der Waals surface area contributed by atoms with Gasteiger partial charge in [0, 0.05) is 26.4 Å². The van der Waals surface area contributed by atoms with Gasteiger partial charge in [-0.2, -0.15) is 5.26 Å². The van der Waals surface area contributed by atoms with Gasteiger partial charge in [-0.15, -0.1) is 0 Å². The number of hydrogen-bond acceptors (Lipinski definition) is 5. The average molecular weight is 263 g/mol. The van der Waals surface area contributed by atoms with Gasteiger partial charge in [0.15, 0.2) is 0 Å². The third-order valence-electron chi connectivity index (χ3n) is 2.58. The molecule has 0 spiro atoms. The normalized spacial score (nSPS) is 9.74. The molecule has 0 unspecified atom stereocenters. The lowest BCUT2D eigenvalue weighted by atomic mass is 10.2. The number of hydrogen-bond donors (Lipinski definition) is 0. The van der Waals surface area contributed by atoms with Gasteiger partial charge >= 0.3 is 0 Å². The van der Waals surface area contributed by atoms with Crippen LogP contribution in [0.2, 0.25) is 0 Å². The van der Waals surface area contributed by atoms with Crippen LogP contribution in [-0.2, 0) is 4.74 Å². The molecule has 0 saturated carbocycles. The zero-order chi connectivity index (χ0) is 14.1. The predicted octanol–water partition coefficient (Wildman–Crippen LogP) is 1.09. The highest BCUT2D eigenvalue weighted by molar-refractivity contribution is 5.96. The van der Waals surface area contributed by atoms with Crippen molar-refractivity contribution in [3.05, 3.63) is 24.0 Å². The summed E-state index contributed by atoms with van der Waals surface area (Å²) >= 11 is 0. The van der Waals surface area contributed by atoms with Crippen molar-refractivity contribution >= 4 is 5.91 Å². The Hall–Kier alpha value is -2.13. The Labute approximate surface area is 112 Å². The number of pyridine rings is 1. The fourth-order valence-corrected chi connectivity index (χ4v) is 1.59. The number of ether oxygens (including phenoxy) is 2. The standard InChI is InChI=1S/C13H17N3O3/c1-18-9-8-16(7-3-5-14)13(17)11-4-6-15-10-12(11)19-2/h4,6,10H,3,7-9H2,1-2H3. The van der Waals surface area contributed by atoms with Gasteiger partial charge in [0.1, 0.15) is 5.75 Å². The van der Waals surface area contributed by atoms with Crippen LogP contribution < -0.4 is 4.74 Å². The van der Waals surface area contributed by atoms with Crippen molar-refractivity contribution in [2.45, 2.75) is 6.42 Å². The topological polar surface area (TPSA) is 75.5 Å². The highest BCUT2D eigenvalue weighted by Gasteiger charge is 2.19. The molecule has 6 nitrogen and oxygen atoms in total. The van der Waals surface area contributed by atoms with Crippen LogP contribution in [0.4, 0.5) is 0 Å². The molecule has 0 aliphatic carbocycles. The first-order chi connectivity index (χ1) is 9.24. The van der Waals surface area contributed by atoms with E-state index in [1.54, 1.807) is 18.1 Å². The molecule has 1 aromatic heterocycles. The fourth-order valence-electron chi connectivity index (χ4n) is 1.59. The van der Waals surface area contributed by atoms with Crippen LogP contribution in [0.3, 0.4) is 0 Å². The summed E-state index contributed by atoms with van der Waals surface area (Å²) in [6, 6.07) is 3.64. The molecule has 0 bridgehead atoms. The molecule has 1 heterocycles. The predicted molar refractivity (Wildman–Crippen MR) is 68.8 cm³/mol. The Kier molecular flexibility index (Phi) is 6.33. The summed E-state index contributed by atoms with van der Waals surface area (Å²) < 4.78 is 10.1. The van der Waals surface area contributed by atoms with Crippen LogP contribution in [0.15, 0.2) is 18.5 Å². The van der Waals surface area contributed by atoms with Crippen molar-refractivity contribution in [2.24, 2.45) is 0 Å². The molecule has 1 rings (SSSR count). The van der Waals surface area contributed by atoms with Crippen molar-refractivity contribution in [1.82, 2.24) is 9.88 Å². The van der Waals surface area contributed by atoms with Crippen LogP contribution >= 0.6 is 0 Å². The zero-order valence-electron chi connectivity index (χ0n) is 11.1. The lowest BCUT2D eigenvalue weighted by molar-refractivity contribution is 0.0696. The second-order valence-electron chi connectivity index (χ2n) is 3.77. The summed E-state index contributed by atoms with van der Waals surface area (Å²) in [7, 11) is 3.06. The Bertz CT molecular complexity index is 457. The zero-order valence-corrected chi connectivity index (χ0v) is 11.1. The summed E-state index contributed by atoms with van der Waals surface area (Å²) in [5.74, 6) is 0.235. The van der Waals surface area contributed by atoms with Gasteiger partial charge in [-0.25, -0.2) is 0 Å². The minimum atomic E-state index is -0.188. The van der Waals surface area contributed by atoms with Crippen LogP contribution in [0.25, 0.3) is 0 Å². The second-order valence-corrected chi connectivity index (χ2v) is 3.77. The van der Waals surface area contributed by atoms with Crippen molar-refractivity contribution < 1.29 is 14.3 Å². The van der Waals surface area contributed by atoms with Crippen molar-refractivity contribution in [3.63, 3.8) is 0 Å². The minimum Gasteiger partial charge on any atom is -0.494 e. The third-order valence-corrected chi connectivity index (χ3v) is 2.58. The maximum atomic E-state index is 12.4. The van der Waals surface area contributed by atoms with E-state index in [0.717, 1.165) is 0 Å². The quantitative estimate of drug-likeness (QED) is 0.736. The van der Waals surface area contributed by atoms with E-state index >= 15 is 0 Å². The molecule has 0 saturated heterocycles. The lowest BCUT2D eigenvalue weighted by Gasteiger charge is -2.22. The fraction of sp³-hybridized carbons (Fsp3) is 0.462.